The van der Waals surface area contributed by atoms with Crippen molar-refractivity contribution in [3.05, 3.63) is 71.7 Å². The molecule has 0 saturated heterocycles. The molecule has 3 N–H and O–H groups in total. The van der Waals surface area contributed by atoms with Gasteiger partial charge in [0.2, 0.25) is 0 Å². The summed E-state index contributed by atoms with van der Waals surface area (Å²) >= 11 is 0. The third-order valence-corrected chi connectivity index (χ3v) is 4.86. The van der Waals surface area contributed by atoms with Crippen LogP contribution in [0.3, 0.4) is 0 Å². The van der Waals surface area contributed by atoms with Gasteiger partial charge in [-0.3, -0.25) is 0 Å². The molecule has 0 amide bonds. The first-order valence-corrected chi connectivity index (χ1v) is 11.0. The van der Waals surface area contributed by atoms with Gasteiger partial charge in [-0.15, -0.1) is 0 Å². The van der Waals surface area contributed by atoms with Gasteiger partial charge in [0.25, 0.3) is 0 Å². The molecule has 0 saturated carbocycles. The Kier molecular flexibility index (Phi) is 9.13. The smallest absolute Gasteiger partial charge is 0.191 e. The van der Waals surface area contributed by atoms with Crippen molar-refractivity contribution in [1.29, 1.82) is 0 Å². The Hall–Kier alpha value is -3.32. The van der Waals surface area contributed by atoms with Crippen LogP contribution in [0.25, 0.3) is 11.3 Å². The van der Waals surface area contributed by atoms with Crippen molar-refractivity contribution in [3.8, 4) is 17.0 Å². The number of hydrogen-bond donors (Lipinski definition) is 3. The molecule has 0 unspecified atom stereocenters. The minimum atomic E-state index is 0.517. The third kappa shape index (κ3) is 7.13. The highest BCUT2D eigenvalue weighted by molar-refractivity contribution is 5.79. The van der Waals surface area contributed by atoms with Crippen molar-refractivity contribution in [2.24, 2.45) is 4.99 Å². The number of aryl methyl sites for hydroxylation is 1. The molecule has 0 aliphatic heterocycles. The number of aromatic amines is 1. The van der Waals surface area contributed by atoms with Gasteiger partial charge in [-0.2, -0.15) is 0 Å². The van der Waals surface area contributed by atoms with Gasteiger partial charge in [0.15, 0.2) is 5.96 Å². The number of benzene rings is 2. The molecule has 2 aromatic carbocycles. The van der Waals surface area contributed by atoms with Gasteiger partial charge < -0.3 is 25.1 Å². The lowest BCUT2D eigenvalue weighted by Gasteiger charge is -2.13. The molecule has 0 atom stereocenters. The summed E-state index contributed by atoms with van der Waals surface area (Å²) in [4.78, 5) is 12.6. The number of nitrogens with one attached hydrogen (secondary N) is 3. The zero-order valence-electron chi connectivity index (χ0n) is 19.1. The van der Waals surface area contributed by atoms with Gasteiger partial charge in [-0.25, -0.2) is 9.98 Å². The van der Waals surface area contributed by atoms with E-state index < -0.39 is 0 Å². The summed E-state index contributed by atoms with van der Waals surface area (Å²) in [5, 5.41) is 6.64. The number of imidazole rings is 1. The normalized spacial score (nSPS) is 11.4. The highest BCUT2D eigenvalue weighted by Gasteiger charge is 2.07. The molecule has 170 valence electrons. The predicted molar refractivity (Wildman–Crippen MR) is 129 cm³/mol. The van der Waals surface area contributed by atoms with Crippen LogP contribution < -0.4 is 15.4 Å². The summed E-state index contributed by atoms with van der Waals surface area (Å²) in [6.45, 7) is 7.26. The maximum absolute atomic E-state index is 5.98. The monoisotopic (exact) mass is 435 g/mol. The van der Waals surface area contributed by atoms with Gasteiger partial charge >= 0.3 is 0 Å². The Bertz CT molecular complexity index is 985. The molecule has 7 nitrogen and oxygen atoms in total. The van der Waals surface area contributed by atoms with E-state index in [1.165, 1.54) is 0 Å². The van der Waals surface area contributed by atoms with Crippen LogP contribution in [0.1, 0.15) is 30.3 Å². The summed E-state index contributed by atoms with van der Waals surface area (Å²) in [6.07, 6.45) is 2.71. The van der Waals surface area contributed by atoms with E-state index in [0.29, 0.717) is 26.3 Å². The minimum Gasteiger partial charge on any atom is -0.493 e. The molecule has 0 aliphatic carbocycles. The highest BCUT2D eigenvalue weighted by Crippen LogP contribution is 2.21. The second-order valence-electron chi connectivity index (χ2n) is 7.46. The summed E-state index contributed by atoms with van der Waals surface area (Å²) in [5.74, 6) is 2.46. The maximum Gasteiger partial charge on any atom is 0.191 e. The van der Waals surface area contributed by atoms with E-state index >= 15 is 0 Å². The number of methoxy groups -OCH3 is 1. The zero-order valence-corrected chi connectivity index (χ0v) is 19.1. The molecular weight excluding hydrogens is 402 g/mol. The lowest BCUT2D eigenvalue weighted by Crippen LogP contribution is -2.37. The molecular formula is C25H33N5O2. The standard InChI is InChI=1S/C25H33N5O2/c1-4-26-25(29-18-24-27-17-22(30-24)20-9-6-5-7-10-20)28-16-21-12-11-19(2)15-23(21)32-14-8-13-31-3/h5-7,9-12,15,17H,4,8,13-14,16,18H2,1-3H3,(H,27,30)(H2,26,28,29). The molecule has 0 spiro atoms. The molecule has 0 aliphatic rings. The van der Waals surface area contributed by atoms with Crippen LogP contribution in [-0.2, 0) is 17.8 Å². The number of hydrogen-bond acceptors (Lipinski definition) is 4. The number of ether oxygens (including phenoxy) is 2. The van der Waals surface area contributed by atoms with Gasteiger partial charge in [-0.05, 0) is 31.0 Å². The summed E-state index contributed by atoms with van der Waals surface area (Å²) < 4.78 is 11.1. The van der Waals surface area contributed by atoms with Crippen molar-refractivity contribution in [3.63, 3.8) is 0 Å². The van der Waals surface area contributed by atoms with Gasteiger partial charge in [0.1, 0.15) is 11.6 Å². The quantitative estimate of drug-likeness (QED) is 0.240. The van der Waals surface area contributed by atoms with Crippen LogP contribution in [-0.4, -0.2) is 42.8 Å². The van der Waals surface area contributed by atoms with Crippen molar-refractivity contribution in [1.82, 2.24) is 20.6 Å². The van der Waals surface area contributed by atoms with E-state index in [4.69, 9.17) is 14.5 Å². The number of aliphatic imine (C=N–C) groups is 1. The minimum absolute atomic E-state index is 0.517. The number of rotatable bonds is 11. The summed E-state index contributed by atoms with van der Waals surface area (Å²) in [5.41, 5.74) is 4.33. The van der Waals surface area contributed by atoms with E-state index in [0.717, 1.165) is 52.9 Å². The summed E-state index contributed by atoms with van der Waals surface area (Å²) in [7, 11) is 1.70. The number of nitrogens with zero attached hydrogens (tertiary/aromatic N) is 2. The van der Waals surface area contributed by atoms with Crippen molar-refractivity contribution < 1.29 is 9.47 Å². The fourth-order valence-corrected chi connectivity index (χ4v) is 3.20. The Balaban J connectivity index is 1.62. The van der Waals surface area contributed by atoms with Crippen molar-refractivity contribution >= 4 is 5.96 Å². The van der Waals surface area contributed by atoms with Crippen LogP contribution in [0.4, 0.5) is 0 Å². The average Bonchev–Trinajstić information content (AvgIpc) is 3.29. The number of guanidine groups is 1. The Morgan fingerprint density at radius 3 is 2.72 bits per heavy atom. The van der Waals surface area contributed by atoms with Crippen LogP contribution in [0, 0.1) is 6.92 Å². The van der Waals surface area contributed by atoms with Gasteiger partial charge in [-0.1, -0.05) is 42.5 Å². The molecule has 1 heterocycles. The molecule has 7 heteroatoms. The first kappa shape index (κ1) is 23.3. The first-order chi connectivity index (χ1) is 15.7. The van der Waals surface area contributed by atoms with E-state index in [9.17, 15) is 0 Å². The van der Waals surface area contributed by atoms with E-state index in [1.807, 2.05) is 31.3 Å². The lowest BCUT2D eigenvalue weighted by molar-refractivity contribution is 0.172. The van der Waals surface area contributed by atoms with Gasteiger partial charge in [0, 0.05) is 32.2 Å². The Labute approximate surface area is 190 Å². The van der Waals surface area contributed by atoms with Crippen LogP contribution in [0.15, 0.2) is 59.7 Å². The molecule has 3 aromatic rings. The predicted octanol–water partition coefficient (Wildman–Crippen LogP) is 4.06. The van der Waals surface area contributed by atoms with Crippen molar-refractivity contribution in [2.45, 2.75) is 33.4 Å². The number of aromatic nitrogens is 2. The molecule has 1 aromatic heterocycles. The van der Waals surface area contributed by atoms with E-state index in [1.54, 1.807) is 7.11 Å². The number of H-pyrrole nitrogens is 1. The largest absolute Gasteiger partial charge is 0.493 e. The third-order valence-electron chi connectivity index (χ3n) is 4.86. The lowest BCUT2D eigenvalue weighted by atomic mass is 10.1. The highest BCUT2D eigenvalue weighted by atomic mass is 16.5. The second-order valence-corrected chi connectivity index (χ2v) is 7.46. The average molecular weight is 436 g/mol. The second kappa shape index (κ2) is 12.5. The molecule has 0 fully saturated rings. The zero-order chi connectivity index (χ0) is 22.6. The summed E-state index contributed by atoms with van der Waals surface area (Å²) in [6, 6.07) is 16.4. The topological polar surface area (TPSA) is 83.6 Å². The first-order valence-electron chi connectivity index (χ1n) is 11.0. The fraction of sp³-hybridized carbons (Fsp3) is 0.360. The molecule has 0 bridgehead atoms. The van der Waals surface area contributed by atoms with Crippen LogP contribution in [0.2, 0.25) is 0 Å². The fourth-order valence-electron chi connectivity index (χ4n) is 3.20. The maximum atomic E-state index is 5.98. The van der Waals surface area contributed by atoms with Gasteiger partial charge in [0.05, 0.1) is 31.6 Å². The Morgan fingerprint density at radius 1 is 1.09 bits per heavy atom. The van der Waals surface area contributed by atoms with Crippen LogP contribution in [0.5, 0.6) is 5.75 Å². The molecule has 0 radical (unpaired) electrons. The Morgan fingerprint density at radius 2 is 1.94 bits per heavy atom. The SMILES string of the molecule is CCNC(=NCc1ccc(C)cc1OCCCOC)NCc1ncc(-c2ccccc2)[nH]1. The van der Waals surface area contributed by atoms with Crippen LogP contribution >= 0.6 is 0 Å². The van der Waals surface area contributed by atoms with E-state index in [-0.39, 0.29) is 0 Å². The van der Waals surface area contributed by atoms with E-state index in [2.05, 4.69) is 57.9 Å². The molecule has 32 heavy (non-hydrogen) atoms. The van der Waals surface area contributed by atoms with Crippen molar-refractivity contribution in [2.75, 3.05) is 26.9 Å². The molecule has 3 rings (SSSR count).